The van der Waals surface area contributed by atoms with Crippen LogP contribution in [0.25, 0.3) is 0 Å². The van der Waals surface area contributed by atoms with Crippen LogP contribution in [0.5, 0.6) is 0 Å². The molecule has 3 heterocycles. The Bertz CT molecular complexity index is 924. The summed E-state index contributed by atoms with van der Waals surface area (Å²) < 4.78 is 0. The second-order valence-electron chi connectivity index (χ2n) is 8.89. The minimum Gasteiger partial charge on any atom is -0.322 e. The average Bonchev–Trinajstić information content (AvgIpc) is 3.11. The summed E-state index contributed by atoms with van der Waals surface area (Å²) in [6.45, 7) is 4.59. The number of hydrogen-bond donors (Lipinski definition) is 2. The highest BCUT2D eigenvalue weighted by Crippen LogP contribution is 2.31. The molecule has 2 fully saturated rings. The van der Waals surface area contributed by atoms with E-state index in [2.05, 4.69) is 22.5 Å². The topological polar surface area (TPSA) is 78.5 Å². The lowest BCUT2D eigenvalue weighted by molar-refractivity contribution is -0.140. The van der Waals surface area contributed by atoms with Gasteiger partial charge in [0.2, 0.25) is 11.8 Å². The second-order valence-corrected chi connectivity index (χ2v) is 8.89. The lowest BCUT2D eigenvalue weighted by atomic mass is 9.90. The molecule has 164 valence electrons. The zero-order chi connectivity index (χ0) is 21.8. The molecule has 1 aromatic rings. The largest absolute Gasteiger partial charge is 0.322 e. The van der Waals surface area contributed by atoms with Gasteiger partial charge in [-0.05, 0) is 68.8 Å². The molecule has 31 heavy (non-hydrogen) atoms. The van der Waals surface area contributed by atoms with Gasteiger partial charge in [-0.15, -0.1) is 0 Å². The van der Waals surface area contributed by atoms with E-state index < -0.39 is 6.04 Å². The van der Waals surface area contributed by atoms with E-state index >= 15 is 0 Å². The van der Waals surface area contributed by atoms with Crippen molar-refractivity contribution in [3.63, 3.8) is 0 Å². The van der Waals surface area contributed by atoms with Crippen LogP contribution in [0.4, 0.5) is 0 Å². The van der Waals surface area contributed by atoms with Crippen molar-refractivity contribution in [2.75, 3.05) is 13.1 Å². The fourth-order valence-corrected chi connectivity index (χ4v) is 4.98. The predicted octanol–water partition coefficient (Wildman–Crippen LogP) is 2.61. The minimum absolute atomic E-state index is 0.141. The standard InChI is InChI=1S/C25H31N3O3/c1-2-6-19-15-22(24(30)27-23(19)29)28-16-21-18(9-5-10-20(21)25(28)31)8-4-3-7-17-11-13-26-14-12-17/h5,9-10,17,19,22,26H,2-3,6-7,11-16H2,1H3,(H,27,29,30). The average molecular weight is 422 g/mol. The molecule has 2 unspecified atom stereocenters. The SMILES string of the molecule is CCCC1CC(N2Cc3c(C#CCCC4CCNCC4)cccc3C2=O)C(=O)NC1=O. The molecule has 0 aromatic heterocycles. The Kier molecular flexibility index (Phi) is 6.72. The van der Waals surface area contributed by atoms with Crippen molar-refractivity contribution in [2.24, 2.45) is 11.8 Å². The van der Waals surface area contributed by atoms with Gasteiger partial charge < -0.3 is 10.2 Å². The number of nitrogens with zero attached hydrogens (tertiary/aromatic N) is 1. The van der Waals surface area contributed by atoms with Crippen LogP contribution in [0, 0.1) is 23.7 Å². The van der Waals surface area contributed by atoms with Gasteiger partial charge in [0, 0.05) is 30.0 Å². The van der Waals surface area contributed by atoms with Crippen molar-refractivity contribution < 1.29 is 14.4 Å². The number of rotatable bonds is 5. The Labute approximate surface area is 184 Å². The summed E-state index contributed by atoms with van der Waals surface area (Å²) in [5, 5.41) is 5.86. The molecule has 6 nitrogen and oxygen atoms in total. The van der Waals surface area contributed by atoms with E-state index in [-0.39, 0.29) is 23.6 Å². The zero-order valence-corrected chi connectivity index (χ0v) is 18.2. The smallest absolute Gasteiger partial charge is 0.255 e. The number of imide groups is 1. The Balaban J connectivity index is 1.46. The van der Waals surface area contributed by atoms with Crippen LogP contribution in [0.3, 0.4) is 0 Å². The first-order valence-corrected chi connectivity index (χ1v) is 11.6. The van der Waals surface area contributed by atoms with Crippen LogP contribution in [0.2, 0.25) is 0 Å². The number of carbonyl (C=O) groups excluding carboxylic acids is 3. The molecule has 0 bridgehead atoms. The third-order valence-electron chi connectivity index (χ3n) is 6.80. The van der Waals surface area contributed by atoms with Crippen LogP contribution in [0.15, 0.2) is 18.2 Å². The van der Waals surface area contributed by atoms with Gasteiger partial charge in [0.05, 0.1) is 0 Å². The Morgan fingerprint density at radius 3 is 2.68 bits per heavy atom. The van der Waals surface area contributed by atoms with E-state index in [4.69, 9.17) is 0 Å². The zero-order valence-electron chi connectivity index (χ0n) is 18.2. The van der Waals surface area contributed by atoms with Gasteiger partial charge in [-0.3, -0.25) is 19.7 Å². The summed E-state index contributed by atoms with van der Waals surface area (Å²) in [5.74, 6) is 6.38. The molecule has 2 saturated heterocycles. The molecule has 1 aromatic carbocycles. The number of hydrogen-bond acceptors (Lipinski definition) is 4. The maximum absolute atomic E-state index is 13.1. The second kappa shape index (κ2) is 9.65. The normalized spacial score (nSPS) is 23.9. The molecule has 3 aliphatic heterocycles. The molecule has 0 spiro atoms. The van der Waals surface area contributed by atoms with E-state index in [9.17, 15) is 14.4 Å². The fraction of sp³-hybridized carbons (Fsp3) is 0.560. The van der Waals surface area contributed by atoms with Crippen molar-refractivity contribution in [2.45, 2.75) is 64.5 Å². The van der Waals surface area contributed by atoms with E-state index in [0.717, 1.165) is 55.8 Å². The molecule has 3 aliphatic rings. The van der Waals surface area contributed by atoms with Crippen molar-refractivity contribution in [3.05, 3.63) is 34.9 Å². The number of carbonyl (C=O) groups is 3. The van der Waals surface area contributed by atoms with Gasteiger partial charge in [0.1, 0.15) is 6.04 Å². The van der Waals surface area contributed by atoms with Crippen LogP contribution in [-0.2, 0) is 16.1 Å². The van der Waals surface area contributed by atoms with Gasteiger partial charge in [-0.25, -0.2) is 0 Å². The van der Waals surface area contributed by atoms with Crippen molar-refractivity contribution in [3.8, 4) is 11.8 Å². The van der Waals surface area contributed by atoms with E-state index in [0.29, 0.717) is 18.5 Å². The predicted molar refractivity (Wildman–Crippen MR) is 118 cm³/mol. The number of amides is 3. The first kappa shape index (κ1) is 21.6. The van der Waals surface area contributed by atoms with Crippen molar-refractivity contribution >= 4 is 17.7 Å². The molecular weight excluding hydrogens is 390 g/mol. The third kappa shape index (κ3) is 4.67. The Hall–Kier alpha value is -2.65. The lowest BCUT2D eigenvalue weighted by Crippen LogP contribution is -2.55. The van der Waals surface area contributed by atoms with E-state index in [1.54, 1.807) is 4.90 Å². The highest BCUT2D eigenvalue weighted by molar-refractivity contribution is 6.06. The fourth-order valence-electron chi connectivity index (χ4n) is 4.98. The Morgan fingerprint density at radius 1 is 1.10 bits per heavy atom. The third-order valence-corrected chi connectivity index (χ3v) is 6.80. The summed E-state index contributed by atoms with van der Waals surface area (Å²) in [7, 11) is 0. The highest BCUT2D eigenvalue weighted by atomic mass is 16.2. The van der Waals surface area contributed by atoms with E-state index in [1.165, 1.54) is 12.8 Å². The minimum atomic E-state index is -0.602. The maximum Gasteiger partial charge on any atom is 0.255 e. The molecular formula is C25H31N3O3. The number of benzene rings is 1. The van der Waals surface area contributed by atoms with Crippen LogP contribution in [0.1, 0.15) is 73.4 Å². The number of piperidine rings is 2. The number of nitrogens with one attached hydrogen (secondary N) is 2. The summed E-state index contributed by atoms with van der Waals surface area (Å²) in [4.78, 5) is 39.3. The molecule has 4 rings (SSSR count). The van der Waals surface area contributed by atoms with Crippen LogP contribution in [-0.4, -0.2) is 41.8 Å². The maximum atomic E-state index is 13.1. The molecule has 2 N–H and O–H groups in total. The van der Waals surface area contributed by atoms with Crippen molar-refractivity contribution in [1.29, 1.82) is 0 Å². The molecule has 3 amide bonds. The first-order chi connectivity index (χ1) is 15.1. The van der Waals surface area contributed by atoms with Gasteiger partial charge >= 0.3 is 0 Å². The van der Waals surface area contributed by atoms with Crippen LogP contribution >= 0.6 is 0 Å². The van der Waals surface area contributed by atoms with Gasteiger partial charge in [0.25, 0.3) is 5.91 Å². The van der Waals surface area contributed by atoms with Crippen molar-refractivity contribution in [1.82, 2.24) is 15.5 Å². The lowest BCUT2D eigenvalue weighted by Gasteiger charge is -2.33. The van der Waals surface area contributed by atoms with Gasteiger partial charge in [-0.2, -0.15) is 0 Å². The summed E-state index contributed by atoms with van der Waals surface area (Å²) >= 11 is 0. The quantitative estimate of drug-likeness (QED) is 0.566. The van der Waals surface area contributed by atoms with Gasteiger partial charge in [-0.1, -0.05) is 31.3 Å². The molecule has 0 aliphatic carbocycles. The highest BCUT2D eigenvalue weighted by Gasteiger charge is 2.42. The van der Waals surface area contributed by atoms with Crippen LogP contribution < -0.4 is 10.6 Å². The summed E-state index contributed by atoms with van der Waals surface area (Å²) in [6.07, 6.45) is 6.40. The summed E-state index contributed by atoms with van der Waals surface area (Å²) in [5.41, 5.74) is 2.40. The molecule has 0 saturated carbocycles. The summed E-state index contributed by atoms with van der Waals surface area (Å²) in [6, 6.07) is 5.03. The first-order valence-electron chi connectivity index (χ1n) is 11.6. The molecule has 2 atom stereocenters. The van der Waals surface area contributed by atoms with Gasteiger partial charge in [0.15, 0.2) is 0 Å². The number of fused-ring (bicyclic) bond motifs is 1. The Morgan fingerprint density at radius 2 is 1.90 bits per heavy atom. The monoisotopic (exact) mass is 421 g/mol. The molecule has 6 heteroatoms. The molecule has 0 radical (unpaired) electrons. The van der Waals surface area contributed by atoms with E-state index in [1.807, 2.05) is 25.1 Å².